The fraction of sp³-hybridized carbons (Fsp3) is 0.538. The number of carboxylic acid groups (broad SMARTS) is 1. The summed E-state index contributed by atoms with van der Waals surface area (Å²) in [6, 6.07) is -1.20. The predicted molar refractivity (Wildman–Crippen MR) is 494 cm³/mol. The summed E-state index contributed by atoms with van der Waals surface area (Å²) in [7, 11) is 4.04. The van der Waals surface area contributed by atoms with Crippen molar-refractivity contribution in [3.8, 4) is 5.75 Å². The highest BCUT2D eigenvalue weighted by Crippen LogP contribution is 2.28. The Kier molecular flexibility index (Phi) is 39.2. The molecule has 0 bridgehead atoms. The van der Waals surface area contributed by atoms with Gasteiger partial charge in [-0.3, -0.25) is 81.5 Å². The van der Waals surface area contributed by atoms with Gasteiger partial charge in [-0.05, 0) is 118 Å². The number of nitrogens with one attached hydrogen (secondary N) is 13. The number of amides is 16. The number of benzene rings is 3. The van der Waals surface area contributed by atoms with Gasteiger partial charge in [-0.1, -0.05) is 102 Å². The predicted octanol–water partition coefficient (Wildman–Crippen LogP) is -1.50. The normalized spacial score (nSPS) is 24.9. The zero-order valence-corrected chi connectivity index (χ0v) is 77.6. The first-order valence-corrected chi connectivity index (χ1v) is 46.5. The Bertz CT molecular complexity index is 5130. The Morgan fingerprint density at radius 2 is 1.06 bits per heavy atom. The largest absolute Gasteiger partial charge is 0.508 e. The summed E-state index contributed by atoms with van der Waals surface area (Å²) in [4.78, 5) is 269. The first kappa shape index (κ1) is 105. The van der Waals surface area contributed by atoms with Crippen LogP contribution >= 0.6 is 11.8 Å². The number of aliphatic hydroxyl groups is 1. The second kappa shape index (κ2) is 50.2. The molecular formula is C91H128N22O20S. The number of aromatic nitrogens is 4. The number of primary amides is 1. The number of nitrogens with zero attached hydrogens (tertiary/aromatic N) is 6. The molecule has 3 fully saturated rings. The van der Waals surface area contributed by atoms with E-state index in [2.05, 4.69) is 73.1 Å². The number of imidazole rings is 1. The van der Waals surface area contributed by atoms with Crippen LogP contribution in [0.15, 0.2) is 97.7 Å². The van der Waals surface area contributed by atoms with Gasteiger partial charge in [-0.2, -0.15) is 0 Å². The minimum absolute atomic E-state index is 0.0194. The van der Waals surface area contributed by atoms with Gasteiger partial charge in [0.15, 0.2) is 0 Å². The van der Waals surface area contributed by atoms with Gasteiger partial charge in [-0.15, -0.1) is 11.8 Å². The van der Waals surface area contributed by atoms with Crippen LogP contribution in [0.25, 0.3) is 21.8 Å². The summed E-state index contributed by atoms with van der Waals surface area (Å²) in [5.74, 6) is -17.0. The van der Waals surface area contributed by atoms with Gasteiger partial charge in [0, 0.05) is 119 Å². The molecule has 15 atom stereocenters. The molecule has 0 saturated carbocycles. The summed E-state index contributed by atoms with van der Waals surface area (Å²) in [6.45, 7) is 6.89. The molecule has 0 aliphatic carbocycles. The van der Waals surface area contributed by atoms with Gasteiger partial charge in [-0.25, -0.2) is 4.98 Å². The molecule has 0 spiro atoms. The van der Waals surface area contributed by atoms with E-state index in [1.807, 2.05) is 13.8 Å². The number of carbonyl (C=O) groups is 17. The number of rotatable bonds is 26. The zero-order chi connectivity index (χ0) is 97.7. The van der Waals surface area contributed by atoms with Crippen molar-refractivity contribution in [1.29, 1.82) is 0 Å². The Hall–Kier alpha value is -13.0. The number of hydrogen-bond donors (Lipinski definition) is 19. The number of aliphatic hydroxyl groups excluding tert-OH is 1. The number of aliphatic carboxylic acids is 1. The minimum Gasteiger partial charge on any atom is -0.508 e. The maximum atomic E-state index is 15.8. The maximum Gasteiger partial charge on any atom is 0.303 e. The standard InChI is InChI=1S/C91H128N22O20S/c1-9-11-22-71-84(126)104-65(36-50(3)4)81(123)108-70(79(121)98-45-75(94)116)47-134-48-76(117)100-68(37-52-25-27-56(114)28-26-52)87(129)109(6)51(5)78(120)102-64(32-34-93)89(131)112-35-17-24-72(112)85(127)106-67(40-55-44-95-49-99-55)83(125)103-63(29-30-77(118)119)90(132)113-46-57(115)41-74(113)86(128)105-66(38-53-42-96-60-20-15-13-18-58(53)60)82(124)101-62(31-33-92)80(122)107-69(39-54-43-97-61-21-16-14-19-59(54)61)88(130)111(8)73(23-12-10-2)91(133)110(71)7/h13-16,18-21,25-28,42-44,49-51,57,62-74,96-97,114-115H,9-12,17,22-24,29-41,45-48,92-93H2,1-8H3,(H2,94,116)(H,95,99)(H,98,121)(H,100,117)(H,101,124)(H,102,120)(H,103,125)(H,104,126)(H,105,128)(H,106,127)(H,107,122)(H,108,123)(H,118,119)/t51-,57+,62-,63-,64-,65-,66-,67-,68-,69-,70-,71-,72-,73-,74-/m0/s1. The number of aromatic amines is 3. The summed E-state index contributed by atoms with van der Waals surface area (Å²) < 4.78 is 0. The molecule has 3 aromatic heterocycles. The third-order valence-corrected chi connectivity index (χ3v) is 25.3. The van der Waals surface area contributed by atoms with Crippen molar-refractivity contribution < 1.29 is 96.8 Å². The molecule has 43 heteroatoms. The SMILES string of the molecule is CCCC[C@H]1C(=O)N(C)[C@@H](CCCC)C(=O)N[C@@H](CC(C)C)C(=O)N[C@H](C(=O)NCC(N)=O)CSCC(=O)N[C@@H](Cc2ccc(O)cc2)C(=O)N(C)[C@@H](C)C(=O)N[C@@H](CCN)C(=O)N2CCC[C@H]2C(=O)N[C@@H](Cc2c[nH]cn2)C(=O)N[C@@H](CCC(=O)O)C(=O)N2C[C@H](O)C[C@H]2C(=O)N[C@@H](Cc2c[nH]c3ccccc23)C(=O)N[C@@H](CCN)C(=O)N[C@@H](Cc2c[nH]c3ccccc23)C(=O)N1C. The van der Waals surface area contributed by atoms with E-state index in [1.54, 1.807) is 74.8 Å². The molecule has 134 heavy (non-hydrogen) atoms. The molecular weight excluding hydrogens is 1750 g/mol. The Morgan fingerprint density at radius 1 is 0.545 bits per heavy atom. The lowest BCUT2D eigenvalue weighted by molar-refractivity contribution is -0.149. The van der Waals surface area contributed by atoms with E-state index in [0.717, 1.165) is 21.6 Å². The minimum atomic E-state index is -1.80. The molecule has 3 aliphatic heterocycles. The van der Waals surface area contributed by atoms with Crippen molar-refractivity contribution >= 4 is 134 Å². The molecule has 3 saturated heterocycles. The molecule has 0 unspecified atom stereocenters. The quantitative estimate of drug-likeness (QED) is 0.0294. The van der Waals surface area contributed by atoms with E-state index < -0.39 is 229 Å². The Labute approximate surface area is 779 Å². The number of unbranched alkanes of at least 4 members (excludes halogenated alkanes) is 2. The average Bonchev–Trinajstić information content (AvgIpc) is 1.73. The molecule has 6 heterocycles. The fourth-order valence-electron chi connectivity index (χ4n) is 16.8. The molecule has 3 aliphatic rings. The number of hydrogen-bond acceptors (Lipinski definition) is 23. The number of likely N-dealkylation sites (N-methyl/N-ethyl adjacent to an activating group) is 3. The number of carboxylic acids is 1. The van der Waals surface area contributed by atoms with Gasteiger partial charge < -0.3 is 125 Å². The van der Waals surface area contributed by atoms with E-state index in [4.69, 9.17) is 17.2 Å². The summed E-state index contributed by atoms with van der Waals surface area (Å²) in [5.41, 5.74) is 20.8. The number of H-pyrrole nitrogens is 3. The summed E-state index contributed by atoms with van der Waals surface area (Å²) >= 11 is 0.815. The lowest BCUT2D eigenvalue weighted by Crippen LogP contribution is -2.61. The van der Waals surface area contributed by atoms with Crippen LogP contribution in [0.1, 0.15) is 147 Å². The average molecular weight is 1880 g/mol. The molecule has 16 amide bonds. The molecule has 728 valence electrons. The van der Waals surface area contributed by atoms with Crippen LogP contribution in [0.3, 0.4) is 0 Å². The Balaban J connectivity index is 1.10. The van der Waals surface area contributed by atoms with Crippen LogP contribution in [-0.4, -0.2) is 316 Å². The highest BCUT2D eigenvalue weighted by molar-refractivity contribution is 8.00. The van der Waals surface area contributed by atoms with E-state index in [-0.39, 0.29) is 113 Å². The third-order valence-electron chi connectivity index (χ3n) is 24.3. The topological polar surface area (TPSA) is 626 Å². The van der Waals surface area contributed by atoms with Crippen molar-refractivity contribution in [2.75, 3.05) is 65.4 Å². The van der Waals surface area contributed by atoms with Gasteiger partial charge in [0.25, 0.3) is 0 Å². The second-order valence-corrected chi connectivity index (χ2v) is 35.7. The Morgan fingerprint density at radius 3 is 1.66 bits per heavy atom. The number of phenols is 1. The second-order valence-electron chi connectivity index (χ2n) is 34.7. The van der Waals surface area contributed by atoms with Crippen molar-refractivity contribution in [2.24, 2.45) is 23.1 Å². The number of para-hydroxylation sites is 2. The number of aromatic hydroxyl groups is 1. The van der Waals surface area contributed by atoms with E-state index in [1.165, 1.54) is 79.6 Å². The van der Waals surface area contributed by atoms with Crippen molar-refractivity contribution in [3.05, 3.63) is 120 Å². The van der Waals surface area contributed by atoms with E-state index in [9.17, 15) is 58.5 Å². The molecule has 3 aromatic carbocycles. The van der Waals surface area contributed by atoms with Crippen LogP contribution in [0.2, 0.25) is 0 Å². The monoisotopic (exact) mass is 1880 g/mol. The van der Waals surface area contributed by atoms with Crippen LogP contribution in [0, 0.1) is 5.92 Å². The first-order chi connectivity index (χ1) is 63.9. The maximum absolute atomic E-state index is 15.8. The van der Waals surface area contributed by atoms with Gasteiger partial charge in [0.1, 0.15) is 90.3 Å². The van der Waals surface area contributed by atoms with Crippen LogP contribution in [-0.2, 0) is 107 Å². The van der Waals surface area contributed by atoms with Crippen LogP contribution in [0.4, 0.5) is 0 Å². The smallest absolute Gasteiger partial charge is 0.303 e. The van der Waals surface area contributed by atoms with Gasteiger partial charge >= 0.3 is 5.97 Å². The first-order valence-electron chi connectivity index (χ1n) is 45.4. The molecule has 0 radical (unpaired) electrons. The summed E-state index contributed by atoms with van der Waals surface area (Å²) in [5, 5.41) is 60.0. The molecule has 9 rings (SSSR count). The fourth-order valence-corrected chi connectivity index (χ4v) is 17.6. The highest BCUT2D eigenvalue weighted by atomic mass is 32.2. The lowest BCUT2D eigenvalue weighted by atomic mass is 9.99. The van der Waals surface area contributed by atoms with E-state index >= 15 is 38.4 Å². The molecule has 22 N–H and O–H groups in total. The number of nitrogens with two attached hydrogens (primary N) is 3. The summed E-state index contributed by atoms with van der Waals surface area (Å²) in [6.07, 6.45) is 3.18. The number of thioether (sulfide) groups is 1. The van der Waals surface area contributed by atoms with Crippen molar-refractivity contribution in [1.82, 2.24) is 97.6 Å². The number of carbonyl (C=O) groups excluding carboxylic acids is 16. The zero-order valence-electron chi connectivity index (χ0n) is 76.8. The number of fused-ring (bicyclic) bond motifs is 4. The van der Waals surface area contributed by atoms with Crippen LogP contribution < -0.4 is 70.4 Å². The van der Waals surface area contributed by atoms with E-state index in [0.29, 0.717) is 64.2 Å². The van der Waals surface area contributed by atoms with Gasteiger partial charge in [0.05, 0.1) is 30.4 Å². The van der Waals surface area contributed by atoms with Gasteiger partial charge in [0.2, 0.25) is 94.5 Å². The highest BCUT2D eigenvalue weighted by Gasteiger charge is 2.47. The molecule has 6 aromatic rings. The number of phenolic OH excluding ortho intramolecular Hbond substituents is 1. The van der Waals surface area contributed by atoms with Crippen molar-refractivity contribution in [2.45, 2.75) is 241 Å². The third kappa shape index (κ3) is 28.8. The van der Waals surface area contributed by atoms with Crippen molar-refractivity contribution in [3.63, 3.8) is 0 Å². The lowest BCUT2D eigenvalue weighted by Gasteiger charge is -2.36. The van der Waals surface area contributed by atoms with Crippen LogP contribution in [0.5, 0.6) is 5.75 Å². The molecule has 42 nitrogen and oxygen atoms in total.